The minimum Gasteiger partial charge on any atom is -0.461 e. The number of rotatable bonds is 9. The van der Waals surface area contributed by atoms with Crippen molar-refractivity contribution in [1.29, 1.82) is 5.26 Å². The lowest BCUT2D eigenvalue weighted by atomic mass is 10.1. The molecule has 0 saturated heterocycles. The molecule has 1 aromatic carbocycles. The van der Waals surface area contributed by atoms with E-state index in [1.807, 2.05) is 26.0 Å². The second-order valence-electron chi connectivity index (χ2n) is 7.25. The van der Waals surface area contributed by atoms with Gasteiger partial charge in [-0.25, -0.2) is 9.18 Å². The monoisotopic (exact) mass is 414 g/mol. The number of carbonyl (C=O) groups excluding carboxylic acids is 1. The van der Waals surface area contributed by atoms with Crippen LogP contribution in [0.3, 0.4) is 0 Å². The Hall–Kier alpha value is -2.52. The molecule has 0 aliphatic rings. The number of benzene rings is 1. The third-order valence-electron chi connectivity index (χ3n) is 4.59. The maximum atomic E-state index is 13.6. The van der Waals surface area contributed by atoms with Gasteiger partial charge in [-0.3, -0.25) is 0 Å². The summed E-state index contributed by atoms with van der Waals surface area (Å²) in [5, 5.41) is 9.39. The Labute approximate surface area is 176 Å². The van der Waals surface area contributed by atoms with E-state index in [0.717, 1.165) is 29.9 Å². The largest absolute Gasteiger partial charge is 0.461 e. The number of carbonyl (C=O) groups is 1. The number of aromatic nitrogens is 1. The first-order valence-electron chi connectivity index (χ1n) is 9.66. The fourth-order valence-corrected chi connectivity index (χ4v) is 3.69. The van der Waals surface area contributed by atoms with Crippen LogP contribution in [0, 0.1) is 36.9 Å². The van der Waals surface area contributed by atoms with E-state index in [2.05, 4.69) is 18.4 Å². The Balaban J connectivity index is 1.98. The summed E-state index contributed by atoms with van der Waals surface area (Å²) in [6.07, 6.45) is 2.65. The summed E-state index contributed by atoms with van der Waals surface area (Å²) < 4.78 is 21.0. The number of hydrogen-bond donors (Lipinski definition) is 0. The number of esters is 1. The van der Waals surface area contributed by atoms with Crippen LogP contribution in [-0.2, 0) is 16.1 Å². The predicted octanol–water partition coefficient (Wildman–Crippen LogP) is 5.53. The number of nitriles is 1. The van der Waals surface area contributed by atoms with Crippen LogP contribution in [-0.4, -0.2) is 22.9 Å². The quantitative estimate of drug-likeness (QED) is 0.178. The van der Waals surface area contributed by atoms with Gasteiger partial charge in [0.15, 0.2) is 0 Å². The molecule has 0 unspecified atom stereocenters. The number of nitrogens with zero attached hydrogens (tertiary/aromatic N) is 2. The number of halogens is 1. The zero-order valence-electron chi connectivity index (χ0n) is 17.4. The van der Waals surface area contributed by atoms with Crippen molar-refractivity contribution in [3.63, 3.8) is 0 Å². The molecular weight excluding hydrogens is 387 g/mol. The van der Waals surface area contributed by atoms with Crippen LogP contribution in [0.1, 0.15) is 37.2 Å². The molecule has 0 aliphatic carbocycles. The molecule has 0 aliphatic heterocycles. The van der Waals surface area contributed by atoms with E-state index in [-0.39, 0.29) is 18.0 Å². The number of thioether (sulfide) groups is 1. The maximum Gasteiger partial charge on any atom is 0.348 e. The molecule has 0 radical (unpaired) electrons. The van der Waals surface area contributed by atoms with E-state index < -0.39 is 5.97 Å². The van der Waals surface area contributed by atoms with Gasteiger partial charge in [0, 0.05) is 28.6 Å². The molecule has 2 rings (SSSR count). The smallest absolute Gasteiger partial charge is 0.348 e. The van der Waals surface area contributed by atoms with Gasteiger partial charge in [-0.1, -0.05) is 26.0 Å². The zero-order valence-corrected chi connectivity index (χ0v) is 18.2. The Morgan fingerprint density at radius 2 is 2.07 bits per heavy atom. The Kier molecular flexibility index (Phi) is 8.53. The van der Waals surface area contributed by atoms with E-state index in [1.165, 1.54) is 17.8 Å². The first-order chi connectivity index (χ1) is 13.8. The molecule has 0 bridgehead atoms. The third-order valence-corrected chi connectivity index (χ3v) is 5.61. The standard InChI is InChI=1S/C23H27FN2O2S/c1-16(2)9-10-26-17(3)13-19(18(26)4)14-20(15-25)23(27)28-11-12-29-22-8-6-5-7-21(22)24/h5-8,13-14,16H,9-12H2,1-4H3/b20-14+. The summed E-state index contributed by atoms with van der Waals surface area (Å²) in [6, 6.07) is 10.4. The average Bonchev–Trinajstić information content (AvgIpc) is 2.95. The van der Waals surface area contributed by atoms with Crippen molar-refractivity contribution in [1.82, 2.24) is 4.57 Å². The van der Waals surface area contributed by atoms with Gasteiger partial charge in [0.25, 0.3) is 0 Å². The van der Waals surface area contributed by atoms with Gasteiger partial charge < -0.3 is 9.30 Å². The zero-order chi connectivity index (χ0) is 21.4. The Morgan fingerprint density at radius 3 is 2.72 bits per heavy atom. The average molecular weight is 415 g/mol. The van der Waals surface area contributed by atoms with E-state index in [4.69, 9.17) is 4.74 Å². The first kappa shape index (κ1) is 22.8. The summed E-state index contributed by atoms with van der Waals surface area (Å²) in [6.45, 7) is 9.39. The van der Waals surface area contributed by atoms with Crippen molar-refractivity contribution in [2.24, 2.45) is 5.92 Å². The van der Waals surface area contributed by atoms with Crippen molar-refractivity contribution in [3.05, 3.63) is 58.7 Å². The normalized spacial score (nSPS) is 11.6. The lowest BCUT2D eigenvalue weighted by molar-refractivity contribution is -0.137. The highest BCUT2D eigenvalue weighted by molar-refractivity contribution is 7.99. The van der Waals surface area contributed by atoms with Crippen LogP contribution in [0.5, 0.6) is 0 Å². The van der Waals surface area contributed by atoms with Crippen LogP contribution in [0.25, 0.3) is 6.08 Å². The van der Waals surface area contributed by atoms with Crippen LogP contribution < -0.4 is 0 Å². The molecular formula is C23H27FN2O2S. The summed E-state index contributed by atoms with van der Waals surface area (Å²) in [7, 11) is 0. The summed E-state index contributed by atoms with van der Waals surface area (Å²) >= 11 is 1.27. The van der Waals surface area contributed by atoms with Gasteiger partial charge in [0.05, 0.1) is 0 Å². The number of ether oxygens (including phenoxy) is 1. The predicted molar refractivity (Wildman–Crippen MR) is 115 cm³/mol. The van der Waals surface area contributed by atoms with Gasteiger partial charge >= 0.3 is 5.97 Å². The molecule has 2 aromatic rings. The van der Waals surface area contributed by atoms with Crippen LogP contribution in [0.15, 0.2) is 40.8 Å². The SMILES string of the molecule is Cc1cc(/C=C(\C#N)C(=O)OCCSc2ccccc2F)c(C)n1CCC(C)C. The van der Waals surface area contributed by atoms with E-state index in [9.17, 15) is 14.4 Å². The van der Waals surface area contributed by atoms with Crippen LogP contribution >= 0.6 is 11.8 Å². The summed E-state index contributed by atoms with van der Waals surface area (Å²) in [5.41, 5.74) is 2.94. The maximum absolute atomic E-state index is 13.6. The van der Waals surface area contributed by atoms with Gasteiger partial charge in [0.1, 0.15) is 24.1 Å². The van der Waals surface area contributed by atoms with Crippen molar-refractivity contribution in [3.8, 4) is 6.07 Å². The first-order valence-corrected chi connectivity index (χ1v) is 10.6. The lowest BCUT2D eigenvalue weighted by Gasteiger charge is -2.11. The third kappa shape index (κ3) is 6.50. The second-order valence-corrected chi connectivity index (χ2v) is 8.38. The van der Waals surface area contributed by atoms with E-state index in [1.54, 1.807) is 24.3 Å². The second kappa shape index (κ2) is 10.9. The van der Waals surface area contributed by atoms with Gasteiger partial charge in [-0.05, 0) is 56.0 Å². The van der Waals surface area contributed by atoms with Gasteiger partial charge in [-0.15, -0.1) is 11.8 Å². The highest BCUT2D eigenvalue weighted by Crippen LogP contribution is 2.22. The minimum atomic E-state index is -0.659. The molecule has 0 fully saturated rings. The van der Waals surface area contributed by atoms with Crippen LogP contribution in [0.4, 0.5) is 4.39 Å². The van der Waals surface area contributed by atoms with Crippen molar-refractivity contribution >= 4 is 23.8 Å². The Morgan fingerprint density at radius 1 is 1.34 bits per heavy atom. The molecule has 29 heavy (non-hydrogen) atoms. The molecule has 1 aromatic heterocycles. The van der Waals surface area contributed by atoms with Crippen molar-refractivity contribution in [2.45, 2.75) is 45.6 Å². The van der Waals surface area contributed by atoms with Crippen LogP contribution in [0.2, 0.25) is 0 Å². The highest BCUT2D eigenvalue weighted by Gasteiger charge is 2.14. The molecule has 6 heteroatoms. The molecule has 0 N–H and O–H groups in total. The van der Waals surface area contributed by atoms with E-state index >= 15 is 0 Å². The lowest BCUT2D eigenvalue weighted by Crippen LogP contribution is -2.09. The highest BCUT2D eigenvalue weighted by atomic mass is 32.2. The molecule has 4 nitrogen and oxygen atoms in total. The number of hydrogen-bond acceptors (Lipinski definition) is 4. The Bertz CT molecular complexity index is 925. The van der Waals surface area contributed by atoms with Gasteiger partial charge in [0.2, 0.25) is 0 Å². The fourth-order valence-electron chi connectivity index (χ4n) is 2.92. The summed E-state index contributed by atoms with van der Waals surface area (Å²) in [4.78, 5) is 12.8. The molecule has 0 atom stereocenters. The fraction of sp³-hybridized carbons (Fsp3) is 0.391. The summed E-state index contributed by atoms with van der Waals surface area (Å²) in [5.74, 6) is 0.0553. The van der Waals surface area contributed by atoms with Gasteiger partial charge in [-0.2, -0.15) is 5.26 Å². The van der Waals surface area contributed by atoms with E-state index in [0.29, 0.717) is 16.6 Å². The molecule has 154 valence electrons. The minimum absolute atomic E-state index is 0.0370. The number of aryl methyl sites for hydroxylation is 1. The van der Waals surface area contributed by atoms with Crippen molar-refractivity contribution < 1.29 is 13.9 Å². The molecule has 0 spiro atoms. The molecule has 0 amide bonds. The molecule has 1 heterocycles. The molecule has 0 saturated carbocycles. The van der Waals surface area contributed by atoms with Crippen molar-refractivity contribution in [2.75, 3.05) is 12.4 Å². The topological polar surface area (TPSA) is 55.0 Å².